The van der Waals surface area contributed by atoms with Gasteiger partial charge in [0.2, 0.25) is 0 Å². The maximum atomic E-state index is 11.3. The standard InChI is InChI=1S/C10H8N2O/c1-6-2-7(4-11)9-8(3-6)5-12-10(9)13/h2-3H,5H2,1H3,(H,12,13). The Bertz CT molecular complexity index is 429. The van der Waals surface area contributed by atoms with Crippen LogP contribution in [-0.4, -0.2) is 5.91 Å². The van der Waals surface area contributed by atoms with Gasteiger partial charge in [-0.1, -0.05) is 6.07 Å². The maximum absolute atomic E-state index is 11.3. The molecule has 64 valence electrons. The highest BCUT2D eigenvalue weighted by Gasteiger charge is 2.22. The first-order valence-corrected chi connectivity index (χ1v) is 4.04. The molecule has 3 heteroatoms. The zero-order valence-corrected chi connectivity index (χ0v) is 7.22. The minimum Gasteiger partial charge on any atom is -0.348 e. The van der Waals surface area contributed by atoms with Crippen LogP contribution in [0.4, 0.5) is 0 Å². The van der Waals surface area contributed by atoms with Crippen LogP contribution in [0.3, 0.4) is 0 Å². The molecule has 13 heavy (non-hydrogen) atoms. The Morgan fingerprint density at radius 2 is 2.31 bits per heavy atom. The Labute approximate surface area is 76.0 Å². The monoisotopic (exact) mass is 172 g/mol. The molecule has 0 aromatic heterocycles. The number of nitriles is 1. The van der Waals surface area contributed by atoms with Gasteiger partial charge in [-0.25, -0.2) is 0 Å². The lowest BCUT2D eigenvalue weighted by atomic mass is 10.0. The molecule has 0 unspecified atom stereocenters. The predicted molar refractivity (Wildman–Crippen MR) is 47.1 cm³/mol. The van der Waals surface area contributed by atoms with Crippen molar-refractivity contribution in [1.29, 1.82) is 5.26 Å². The van der Waals surface area contributed by atoms with Gasteiger partial charge in [0.15, 0.2) is 0 Å². The second kappa shape index (κ2) is 2.60. The quantitative estimate of drug-likeness (QED) is 0.637. The number of aryl methyl sites for hydroxylation is 1. The summed E-state index contributed by atoms with van der Waals surface area (Å²) >= 11 is 0. The fourth-order valence-corrected chi connectivity index (χ4v) is 1.62. The van der Waals surface area contributed by atoms with Gasteiger partial charge in [0.05, 0.1) is 17.2 Å². The van der Waals surface area contributed by atoms with Crippen LogP contribution in [0, 0.1) is 18.3 Å². The molecule has 0 aliphatic carbocycles. The zero-order valence-electron chi connectivity index (χ0n) is 7.22. The first-order chi connectivity index (χ1) is 6.22. The lowest BCUT2D eigenvalue weighted by Crippen LogP contribution is -2.13. The molecule has 1 N–H and O–H groups in total. The van der Waals surface area contributed by atoms with Crippen molar-refractivity contribution in [3.63, 3.8) is 0 Å². The number of fused-ring (bicyclic) bond motifs is 1. The van der Waals surface area contributed by atoms with E-state index >= 15 is 0 Å². The predicted octanol–water partition coefficient (Wildman–Crippen LogP) is 1.11. The number of hydrogen-bond donors (Lipinski definition) is 1. The molecular formula is C10H8N2O. The van der Waals surface area contributed by atoms with Crippen molar-refractivity contribution in [2.24, 2.45) is 0 Å². The van der Waals surface area contributed by atoms with E-state index in [1.807, 2.05) is 19.1 Å². The van der Waals surface area contributed by atoms with E-state index in [1.165, 1.54) is 0 Å². The van der Waals surface area contributed by atoms with E-state index in [4.69, 9.17) is 5.26 Å². The molecule has 1 aromatic rings. The highest BCUT2D eigenvalue weighted by molar-refractivity contribution is 6.00. The Balaban J connectivity index is 2.73. The molecule has 0 saturated carbocycles. The average molecular weight is 172 g/mol. The first-order valence-electron chi connectivity index (χ1n) is 4.04. The molecule has 0 spiro atoms. The molecule has 1 aliphatic rings. The third-order valence-corrected chi connectivity index (χ3v) is 2.15. The number of carbonyl (C=O) groups is 1. The number of hydrogen-bond acceptors (Lipinski definition) is 2. The molecular weight excluding hydrogens is 164 g/mol. The third kappa shape index (κ3) is 1.07. The number of nitrogens with one attached hydrogen (secondary N) is 1. The summed E-state index contributed by atoms with van der Waals surface area (Å²) in [7, 11) is 0. The highest BCUT2D eigenvalue weighted by atomic mass is 16.1. The van der Waals surface area contributed by atoms with Crippen molar-refractivity contribution >= 4 is 5.91 Å². The van der Waals surface area contributed by atoms with Crippen LogP contribution in [0.2, 0.25) is 0 Å². The minimum atomic E-state index is -0.133. The minimum absolute atomic E-state index is 0.133. The average Bonchev–Trinajstić information content (AvgIpc) is 2.46. The summed E-state index contributed by atoms with van der Waals surface area (Å²) in [6.07, 6.45) is 0. The largest absolute Gasteiger partial charge is 0.348 e. The van der Waals surface area contributed by atoms with E-state index in [0.29, 0.717) is 17.7 Å². The lowest BCUT2D eigenvalue weighted by Gasteiger charge is -2.00. The molecule has 0 saturated heterocycles. The Morgan fingerprint density at radius 1 is 1.54 bits per heavy atom. The second-order valence-electron chi connectivity index (χ2n) is 3.14. The van der Waals surface area contributed by atoms with Crippen molar-refractivity contribution in [3.8, 4) is 6.07 Å². The van der Waals surface area contributed by atoms with Crippen molar-refractivity contribution in [1.82, 2.24) is 5.32 Å². The fraction of sp³-hybridized carbons (Fsp3) is 0.200. The molecule has 1 aliphatic heterocycles. The van der Waals surface area contributed by atoms with Crippen LogP contribution < -0.4 is 5.32 Å². The van der Waals surface area contributed by atoms with E-state index in [9.17, 15) is 4.79 Å². The highest BCUT2D eigenvalue weighted by Crippen LogP contribution is 2.21. The van der Waals surface area contributed by atoms with Crippen molar-refractivity contribution in [2.75, 3.05) is 0 Å². The third-order valence-electron chi connectivity index (χ3n) is 2.15. The molecule has 1 heterocycles. The van der Waals surface area contributed by atoms with Crippen molar-refractivity contribution < 1.29 is 4.79 Å². The number of amides is 1. The van der Waals surface area contributed by atoms with E-state index in [1.54, 1.807) is 6.07 Å². The normalized spacial score (nSPS) is 13.4. The Morgan fingerprint density at radius 3 is 3.00 bits per heavy atom. The number of nitrogens with zero attached hydrogens (tertiary/aromatic N) is 1. The number of carbonyl (C=O) groups excluding carboxylic acids is 1. The summed E-state index contributed by atoms with van der Waals surface area (Å²) < 4.78 is 0. The summed E-state index contributed by atoms with van der Waals surface area (Å²) in [5, 5.41) is 11.5. The summed E-state index contributed by atoms with van der Waals surface area (Å²) in [5.41, 5.74) is 2.98. The molecule has 0 atom stereocenters. The van der Waals surface area contributed by atoms with Crippen LogP contribution in [0.25, 0.3) is 0 Å². The van der Waals surface area contributed by atoms with Gasteiger partial charge >= 0.3 is 0 Å². The van der Waals surface area contributed by atoms with E-state index in [0.717, 1.165) is 11.1 Å². The molecule has 1 amide bonds. The molecule has 1 aromatic carbocycles. The first kappa shape index (κ1) is 7.81. The SMILES string of the molecule is Cc1cc(C#N)c2c(c1)CNC2=O. The molecule has 0 fully saturated rings. The maximum Gasteiger partial charge on any atom is 0.253 e. The summed E-state index contributed by atoms with van der Waals surface area (Å²) in [6, 6.07) is 5.72. The van der Waals surface area contributed by atoms with E-state index in [2.05, 4.69) is 5.32 Å². The van der Waals surface area contributed by atoms with Crippen LogP contribution in [-0.2, 0) is 6.54 Å². The summed E-state index contributed by atoms with van der Waals surface area (Å²) in [6.45, 7) is 2.47. The summed E-state index contributed by atoms with van der Waals surface area (Å²) in [4.78, 5) is 11.3. The Kier molecular flexibility index (Phi) is 1.56. The zero-order chi connectivity index (χ0) is 9.42. The second-order valence-corrected chi connectivity index (χ2v) is 3.14. The van der Waals surface area contributed by atoms with Gasteiger partial charge < -0.3 is 5.32 Å². The van der Waals surface area contributed by atoms with E-state index in [-0.39, 0.29) is 5.91 Å². The van der Waals surface area contributed by atoms with Gasteiger partial charge in [-0.15, -0.1) is 0 Å². The van der Waals surface area contributed by atoms with Crippen LogP contribution in [0.1, 0.15) is 27.0 Å². The summed E-state index contributed by atoms with van der Waals surface area (Å²) in [5.74, 6) is -0.133. The Hall–Kier alpha value is -1.82. The van der Waals surface area contributed by atoms with Gasteiger partial charge in [-0.05, 0) is 24.1 Å². The smallest absolute Gasteiger partial charge is 0.253 e. The van der Waals surface area contributed by atoms with Crippen LogP contribution >= 0.6 is 0 Å². The topological polar surface area (TPSA) is 52.9 Å². The van der Waals surface area contributed by atoms with Gasteiger partial charge in [-0.2, -0.15) is 5.26 Å². The van der Waals surface area contributed by atoms with Crippen LogP contribution in [0.15, 0.2) is 12.1 Å². The van der Waals surface area contributed by atoms with Gasteiger partial charge in [0.1, 0.15) is 0 Å². The van der Waals surface area contributed by atoms with Crippen molar-refractivity contribution in [3.05, 3.63) is 34.4 Å². The number of benzene rings is 1. The van der Waals surface area contributed by atoms with E-state index < -0.39 is 0 Å². The molecule has 0 radical (unpaired) electrons. The lowest BCUT2D eigenvalue weighted by molar-refractivity contribution is 0.0965. The van der Waals surface area contributed by atoms with Crippen molar-refractivity contribution in [2.45, 2.75) is 13.5 Å². The fourth-order valence-electron chi connectivity index (χ4n) is 1.62. The van der Waals surface area contributed by atoms with Gasteiger partial charge in [-0.3, -0.25) is 4.79 Å². The van der Waals surface area contributed by atoms with Gasteiger partial charge in [0, 0.05) is 6.54 Å². The molecule has 3 nitrogen and oxygen atoms in total. The molecule has 2 rings (SSSR count). The van der Waals surface area contributed by atoms with Crippen LogP contribution in [0.5, 0.6) is 0 Å². The van der Waals surface area contributed by atoms with Gasteiger partial charge in [0.25, 0.3) is 5.91 Å². The molecule has 0 bridgehead atoms. The number of rotatable bonds is 0.